The van der Waals surface area contributed by atoms with Crippen LogP contribution in [-0.2, 0) is 10.0 Å². The van der Waals surface area contributed by atoms with Gasteiger partial charge in [0.05, 0.1) is 4.90 Å². The van der Waals surface area contributed by atoms with E-state index in [1.165, 1.54) is 32.1 Å². The molecule has 1 heterocycles. The Hall–Kier alpha value is -2.38. The number of rotatable bonds is 5. The summed E-state index contributed by atoms with van der Waals surface area (Å²) in [6.45, 7) is 5.28. The van der Waals surface area contributed by atoms with Crippen LogP contribution in [0.2, 0.25) is 0 Å². The van der Waals surface area contributed by atoms with E-state index in [2.05, 4.69) is 9.62 Å². The number of benzene rings is 2. The van der Waals surface area contributed by atoms with Crippen molar-refractivity contribution >= 4 is 21.6 Å². The normalized spacial score (nSPS) is 18.7. The Bertz CT molecular complexity index is 989. The zero-order chi connectivity index (χ0) is 21.8. The third-order valence-electron chi connectivity index (χ3n) is 6.41. The molecule has 2 aromatic rings. The fraction of sp³-hybridized carbons (Fsp3) is 0.458. The number of carbonyl (C=O) groups excluding carboxylic acids is 1. The van der Waals surface area contributed by atoms with E-state index in [1.807, 2.05) is 11.8 Å². The average Bonchev–Trinajstić information content (AvgIpc) is 2.80. The molecule has 0 bridgehead atoms. The molecular formula is C24H31N3O3S. The van der Waals surface area contributed by atoms with Gasteiger partial charge in [-0.05, 0) is 56.2 Å². The average molecular weight is 442 g/mol. The molecule has 0 radical (unpaired) electrons. The number of anilines is 1. The van der Waals surface area contributed by atoms with Crippen LogP contribution in [0.15, 0.2) is 53.4 Å². The topological polar surface area (TPSA) is 69.7 Å². The third kappa shape index (κ3) is 5.28. The van der Waals surface area contributed by atoms with Gasteiger partial charge in [-0.25, -0.2) is 8.42 Å². The smallest absolute Gasteiger partial charge is 0.261 e. The molecular weight excluding hydrogens is 410 g/mol. The highest BCUT2D eigenvalue weighted by atomic mass is 32.2. The molecule has 0 aromatic heterocycles. The summed E-state index contributed by atoms with van der Waals surface area (Å²) < 4.78 is 27.7. The van der Waals surface area contributed by atoms with Crippen LogP contribution in [0, 0.1) is 6.92 Å². The van der Waals surface area contributed by atoms with Crippen molar-refractivity contribution in [2.75, 3.05) is 30.9 Å². The molecule has 1 saturated carbocycles. The highest BCUT2D eigenvalue weighted by Gasteiger charge is 2.27. The van der Waals surface area contributed by atoms with E-state index < -0.39 is 10.0 Å². The molecule has 2 fully saturated rings. The number of carbonyl (C=O) groups is 1. The largest absolute Gasteiger partial charge is 0.336 e. The maximum absolute atomic E-state index is 12.9. The van der Waals surface area contributed by atoms with Crippen LogP contribution in [0.25, 0.3) is 0 Å². The second-order valence-corrected chi connectivity index (χ2v) is 10.3. The summed E-state index contributed by atoms with van der Waals surface area (Å²) in [5.74, 6) is 0.0104. The molecule has 7 heteroatoms. The number of sulfonamides is 1. The van der Waals surface area contributed by atoms with Gasteiger partial charge in [-0.3, -0.25) is 14.4 Å². The lowest BCUT2D eigenvalue weighted by Crippen LogP contribution is -2.52. The summed E-state index contributed by atoms with van der Waals surface area (Å²) in [7, 11) is -3.65. The van der Waals surface area contributed by atoms with Crippen molar-refractivity contribution in [2.45, 2.75) is 50.0 Å². The van der Waals surface area contributed by atoms with E-state index in [-0.39, 0.29) is 10.8 Å². The summed E-state index contributed by atoms with van der Waals surface area (Å²) in [5, 5.41) is 0. The fourth-order valence-corrected chi connectivity index (χ4v) is 5.59. The van der Waals surface area contributed by atoms with Gasteiger partial charge in [-0.1, -0.05) is 37.0 Å². The first-order chi connectivity index (χ1) is 14.9. The number of piperazine rings is 1. The van der Waals surface area contributed by atoms with Crippen molar-refractivity contribution in [1.82, 2.24) is 9.80 Å². The van der Waals surface area contributed by atoms with Crippen LogP contribution < -0.4 is 4.72 Å². The minimum absolute atomic E-state index is 0.0104. The predicted octanol–water partition coefficient (Wildman–Crippen LogP) is 3.89. The number of amides is 1. The highest BCUT2D eigenvalue weighted by molar-refractivity contribution is 7.92. The molecule has 2 aromatic carbocycles. The van der Waals surface area contributed by atoms with Gasteiger partial charge in [0.15, 0.2) is 0 Å². The van der Waals surface area contributed by atoms with Crippen molar-refractivity contribution in [1.29, 1.82) is 0 Å². The fourth-order valence-electron chi connectivity index (χ4n) is 4.53. The van der Waals surface area contributed by atoms with E-state index >= 15 is 0 Å². The van der Waals surface area contributed by atoms with Gasteiger partial charge in [0.1, 0.15) is 0 Å². The van der Waals surface area contributed by atoms with Gasteiger partial charge in [0, 0.05) is 43.5 Å². The summed E-state index contributed by atoms with van der Waals surface area (Å²) in [4.78, 5) is 17.6. The van der Waals surface area contributed by atoms with E-state index in [4.69, 9.17) is 0 Å². The first kappa shape index (κ1) is 21.8. The molecule has 166 valence electrons. The lowest BCUT2D eigenvalue weighted by atomic mass is 9.94. The van der Waals surface area contributed by atoms with Crippen LogP contribution in [0.1, 0.15) is 48.0 Å². The SMILES string of the molecule is Cc1ccc(S(=O)(=O)Nc2ccc(C(=O)N3CCN(C4CCCCC4)CC3)cc2)cc1. The first-order valence-electron chi connectivity index (χ1n) is 11.2. The van der Waals surface area contributed by atoms with Crippen molar-refractivity contribution in [3.05, 3.63) is 59.7 Å². The van der Waals surface area contributed by atoms with Crippen LogP contribution in [0.4, 0.5) is 5.69 Å². The summed E-state index contributed by atoms with van der Waals surface area (Å²) in [6, 6.07) is 14.1. The summed E-state index contributed by atoms with van der Waals surface area (Å²) >= 11 is 0. The zero-order valence-electron chi connectivity index (χ0n) is 18.1. The molecule has 1 amide bonds. The van der Waals surface area contributed by atoms with E-state index in [9.17, 15) is 13.2 Å². The second-order valence-electron chi connectivity index (χ2n) is 8.62. The molecule has 1 saturated heterocycles. The molecule has 1 aliphatic heterocycles. The predicted molar refractivity (Wildman–Crippen MR) is 123 cm³/mol. The highest BCUT2D eigenvalue weighted by Crippen LogP contribution is 2.24. The van der Waals surface area contributed by atoms with Gasteiger partial charge in [0.25, 0.3) is 15.9 Å². The van der Waals surface area contributed by atoms with Gasteiger partial charge in [-0.2, -0.15) is 0 Å². The molecule has 31 heavy (non-hydrogen) atoms. The van der Waals surface area contributed by atoms with Crippen molar-refractivity contribution in [3.8, 4) is 0 Å². The number of nitrogens with one attached hydrogen (secondary N) is 1. The van der Waals surface area contributed by atoms with E-state index in [0.29, 0.717) is 17.3 Å². The quantitative estimate of drug-likeness (QED) is 0.764. The van der Waals surface area contributed by atoms with Gasteiger partial charge in [0.2, 0.25) is 0 Å². The van der Waals surface area contributed by atoms with E-state index in [0.717, 1.165) is 31.7 Å². The standard InChI is InChI=1S/C24H31N3O3S/c1-19-7-13-23(14-8-19)31(29,30)25-21-11-9-20(10-12-21)24(28)27-17-15-26(16-18-27)22-5-3-2-4-6-22/h7-14,22,25H,2-6,15-18H2,1H3. The second kappa shape index (κ2) is 9.40. The Kier molecular flexibility index (Phi) is 6.62. The summed E-state index contributed by atoms with van der Waals surface area (Å²) in [6.07, 6.45) is 6.57. The van der Waals surface area contributed by atoms with E-state index in [1.54, 1.807) is 48.5 Å². The minimum Gasteiger partial charge on any atom is -0.336 e. The zero-order valence-corrected chi connectivity index (χ0v) is 18.9. The molecule has 0 unspecified atom stereocenters. The minimum atomic E-state index is -3.65. The van der Waals surface area contributed by atoms with Crippen LogP contribution in [0.3, 0.4) is 0 Å². The van der Waals surface area contributed by atoms with Crippen LogP contribution in [-0.4, -0.2) is 56.3 Å². The van der Waals surface area contributed by atoms with Crippen LogP contribution >= 0.6 is 0 Å². The lowest BCUT2D eigenvalue weighted by Gasteiger charge is -2.40. The number of hydrogen-bond acceptors (Lipinski definition) is 4. The molecule has 2 aliphatic rings. The van der Waals surface area contributed by atoms with Gasteiger partial charge >= 0.3 is 0 Å². The molecule has 6 nitrogen and oxygen atoms in total. The Morgan fingerprint density at radius 2 is 1.48 bits per heavy atom. The maximum Gasteiger partial charge on any atom is 0.261 e. The molecule has 1 N–H and O–H groups in total. The molecule has 1 aliphatic carbocycles. The summed E-state index contributed by atoms with van der Waals surface area (Å²) in [5.41, 5.74) is 2.03. The number of aryl methyl sites for hydroxylation is 1. The monoisotopic (exact) mass is 441 g/mol. The molecule has 4 rings (SSSR count). The Morgan fingerprint density at radius 3 is 2.10 bits per heavy atom. The van der Waals surface area contributed by atoms with Crippen molar-refractivity contribution in [2.24, 2.45) is 0 Å². The number of hydrogen-bond donors (Lipinski definition) is 1. The van der Waals surface area contributed by atoms with Gasteiger partial charge < -0.3 is 4.90 Å². The van der Waals surface area contributed by atoms with Crippen molar-refractivity contribution < 1.29 is 13.2 Å². The Labute approximate surface area is 185 Å². The Balaban J connectivity index is 1.34. The van der Waals surface area contributed by atoms with Crippen molar-refractivity contribution in [3.63, 3.8) is 0 Å². The third-order valence-corrected chi connectivity index (χ3v) is 7.81. The molecule has 0 atom stereocenters. The van der Waals surface area contributed by atoms with Crippen LogP contribution in [0.5, 0.6) is 0 Å². The first-order valence-corrected chi connectivity index (χ1v) is 12.6. The number of nitrogens with zero attached hydrogens (tertiary/aromatic N) is 2. The lowest BCUT2D eigenvalue weighted by molar-refractivity contribution is 0.0523. The van der Waals surface area contributed by atoms with Gasteiger partial charge in [-0.15, -0.1) is 0 Å². The maximum atomic E-state index is 12.9. The molecule has 0 spiro atoms. The Morgan fingerprint density at radius 1 is 0.871 bits per heavy atom.